The van der Waals surface area contributed by atoms with Crippen LogP contribution in [0.25, 0.3) is 0 Å². The van der Waals surface area contributed by atoms with Crippen molar-refractivity contribution >= 4 is 18.0 Å². The fraction of sp³-hybridized carbons (Fsp3) is 0.929. The van der Waals surface area contributed by atoms with Crippen LogP contribution in [-0.4, -0.2) is 53.5 Å². The third-order valence-electron chi connectivity index (χ3n) is 4.75. The summed E-state index contributed by atoms with van der Waals surface area (Å²) in [6.07, 6.45) is 8.15. The molecule has 0 saturated carbocycles. The van der Waals surface area contributed by atoms with E-state index in [0.717, 1.165) is 38.2 Å². The van der Waals surface area contributed by atoms with Crippen molar-refractivity contribution in [2.45, 2.75) is 56.2 Å². The van der Waals surface area contributed by atoms with E-state index in [1.54, 1.807) is 0 Å². The topological polar surface area (TPSA) is 29.5 Å². The summed E-state index contributed by atoms with van der Waals surface area (Å²) in [6.45, 7) is 1.99. The van der Waals surface area contributed by atoms with E-state index >= 15 is 0 Å². The van der Waals surface area contributed by atoms with E-state index in [2.05, 4.69) is 4.90 Å². The van der Waals surface area contributed by atoms with Crippen LogP contribution in [0, 0.1) is 0 Å². The highest BCUT2D eigenvalue weighted by Crippen LogP contribution is 2.40. The van der Waals surface area contributed by atoms with Crippen LogP contribution in [0.1, 0.15) is 38.5 Å². The van der Waals surface area contributed by atoms with Crippen molar-refractivity contribution in [1.29, 1.82) is 0 Å². The molecule has 18 heavy (non-hydrogen) atoms. The van der Waals surface area contributed by atoms with E-state index in [9.17, 15) is 4.79 Å². The van der Waals surface area contributed by atoms with Gasteiger partial charge in [-0.3, -0.25) is 4.90 Å². The van der Waals surface area contributed by atoms with Crippen LogP contribution >= 0.6 is 11.8 Å². The summed E-state index contributed by atoms with van der Waals surface area (Å²) in [5.41, 5.74) is 0.137. The summed E-state index contributed by atoms with van der Waals surface area (Å²) in [5.74, 6) is 2.40. The number of nitrogens with zero attached hydrogens (tertiary/aromatic N) is 1. The molecule has 3 nitrogen and oxygen atoms in total. The van der Waals surface area contributed by atoms with Gasteiger partial charge in [0.25, 0.3) is 0 Å². The van der Waals surface area contributed by atoms with Crippen LogP contribution < -0.4 is 0 Å². The zero-order valence-electron chi connectivity index (χ0n) is 11.0. The smallest absolute Gasteiger partial charge is 0.137 e. The first kappa shape index (κ1) is 12.9. The maximum atomic E-state index is 11.2. The lowest BCUT2D eigenvalue weighted by Crippen LogP contribution is -2.53. The summed E-state index contributed by atoms with van der Waals surface area (Å²) in [5, 5.41) is 0. The van der Waals surface area contributed by atoms with Crippen LogP contribution in [0.5, 0.6) is 0 Å². The SMILES string of the molecule is O=CC1CCCCN1C1CCOC2(CCSC2)C1. The number of ether oxygens (including phenoxy) is 1. The van der Waals surface area contributed by atoms with Gasteiger partial charge in [0.1, 0.15) is 6.29 Å². The van der Waals surface area contributed by atoms with Crippen molar-refractivity contribution in [2.24, 2.45) is 0 Å². The van der Waals surface area contributed by atoms with Crippen LogP contribution in [0.2, 0.25) is 0 Å². The lowest BCUT2D eigenvalue weighted by atomic mass is 9.87. The summed E-state index contributed by atoms with van der Waals surface area (Å²) in [6, 6.07) is 0.751. The first-order chi connectivity index (χ1) is 8.83. The van der Waals surface area contributed by atoms with E-state index in [4.69, 9.17) is 4.74 Å². The van der Waals surface area contributed by atoms with Crippen LogP contribution in [0.4, 0.5) is 0 Å². The number of carbonyl (C=O) groups is 1. The Labute approximate surface area is 114 Å². The number of rotatable bonds is 2. The maximum Gasteiger partial charge on any atom is 0.137 e. The van der Waals surface area contributed by atoms with E-state index in [1.165, 1.54) is 31.3 Å². The minimum absolute atomic E-state index is 0.137. The average Bonchev–Trinajstić information content (AvgIpc) is 2.86. The largest absolute Gasteiger partial charge is 0.374 e. The second-order valence-electron chi connectivity index (χ2n) is 5.92. The lowest BCUT2D eigenvalue weighted by Gasteiger charge is -2.45. The van der Waals surface area contributed by atoms with Gasteiger partial charge in [-0.2, -0.15) is 11.8 Å². The Hall–Kier alpha value is -0.0600. The second-order valence-corrected chi connectivity index (χ2v) is 7.02. The van der Waals surface area contributed by atoms with Gasteiger partial charge in [0.05, 0.1) is 11.6 Å². The standard InChI is InChI=1S/C14H23NO2S/c16-10-13-3-1-2-6-15(13)12-4-7-17-14(9-12)5-8-18-11-14/h10,12-13H,1-9,11H2. The van der Waals surface area contributed by atoms with Crippen molar-refractivity contribution in [1.82, 2.24) is 4.90 Å². The van der Waals surface area contributed by atoms with Crippen molar-refractivity contribution in [2.75, 3.05) is 24.7 Å². The molecule has 0 aliphatic carbocycles. The van der Waals surface area contributed by atoms with E-state index in [-0.39, 0.29) is 11.6 Å². The Morgan fingerprint density at radius 3 is 3.06 bits per heavy atom. The van der Waals surface area contributed by atoms with Gasteiger partial charge in [-0.1, -0.05) is 6.42 Å². The molecule has 3 aliphatic rings. The van der Waals surface area contributed by atoms with E-state index in [0.29, 0.717) is 6.04 Å². The molecule has 3 fully saturated rings. The summed E-state index contributed by atoms with van der Waals surface area (Å²) < 4.78 is 6.08. The average molecular weight is 269 g/mol. The fourth-order valence-corrected chi connectivity index (χ4v) is 5.11. The quantitative estimate of drug-likeness (QED) is 0.718. The highest BCUT2D eigenvalue weighted by atomic mass is 32.2. The monoisotopic (exact) mass is 269 g/mol. The van der Waals surface area contributed by atoms with Gasteiger partial charge in [-0.05, 0) is 44.4 Å². The maximum absolute atomic E-state index is 11.2. The molecule has 102 valence electrons. The molecule has 3 aliphatic heterocycles. The third-order valence-corrected chi connectivity index (χ3v) is 5.98. The Balaban J connectivity index is 1.68. The summed E-state index contributed by atoms with van der Waals surface area (Å²) >= 11 is 2.02. The molecule has 0 aromatic heterocycles. The Morgan fingerprint density at radius 2 is 2.28 bits per heavy atom. The van der Waals surface area contributed by atoms with Gasteiger partial charge in [-0.25, -0.2) is 0 Å². The Morgan fingerprint density at radius 1 is 1.33 bits per heavy atom. The molecule has 3 saturated heterocycles. The Kier molecular flexibility index (Phi) is 3.97. The molecule has 0 radical (unpaired) electrons. The van der Waals surface area contributed by atoms with Crippen molar-refractivity contribution < 1.29 is 9.53 Å². The van der Waals surface area contributed by atoms with E-state index in [1.807, 2.05) is 11.8 Å². The molecule has 0 bridgehead atoms. The number of thioether (sulfide) groups is 1. The number of hydrogen-bond donors (Lipinski definition) is 0. The first-order valence-electron chi connectivity index (χ1n) is 7.26. The molecule has 3 rings (SSSR count). The molecule has 3 unspecified atom stereocenters. The van der Waals surface area contributed by atoms with Crippen molar-refractivity contribution in [3.8, 4) is 0 Å². The van der Waals surface area contributed by atoms with Crippen LogP contribution in [0.3, 0.4) is 0 Å². The number of hydrogen-bond acceptors (Lipinski definition) is 4. The molecule has 0 amide bonds. The minimum Gasteiger partial charge on any atom is -0.374 e. The van der Waals surface area contributed by atoms with Crippen LogP contribution in [0.15, 0.2) is 0 Å². The summed E-state index contributed by atoms with van der Waals surface area (Å²) in [7, 11) is 0. The zero-order valence-corrected chi connectivity index (χ0v) is 11.8. The molecule has 1 spiro atoms. The van der Waals surface area contributed by atoms with Gasteiger partial charge in [0, 0.05) is 18.4 Å². The second kappa shape index (κ2) is 5.51. The zero-order chi connectivity index (χ0) is 12.4. The lowest BCUT2D eigenvalue weighted by molar-refractivity contribution is -0.122. The number of piperidine rings is 1. The van der Waals surface area contributed by atoms with Gasteiger partial charge < -0.3 is 9.53 Å². The predicted molar refractivity (Wildman–Crippen MR) is 74.1 cm³/mol. The molecule has 0 aromatic rings. The van der Waals surface area contributed by atoms with Gasteiger partial charge in [0.2, 0.25) is 0 Å². The molecule has 0 aromatic carbocycles. The van der Waals surface area contributed by atoms with Gasteiger partial charge in [-0.15, -0.1) is 0 Å². The van der Waals surface area contributed by atoms with Crippen molar-refractivity contribution in [3.05, 3.63) is 0 Å². The summed E-state index contributed by atoms with van der Waals surface area (Å²) in [4.78, 5) is 13.7. The molecule has 0 N–H and O–H groups in total. The fourth-order valence-electron chi connectivity index (χ4n) is 3.73. The van der Waals surface area contributed by atoms with Crippen LogP contribution in [-0.2, 0) is 9.53 Å². The highest BCUT2D eigenvalue weighted by molar-refractivity contribution is 7.99. The highest BCUT2D eigenvalue weighted by Gasteiger charge is 2.43. The van der Waals surface area contributed by atoms with Crippen molar-refractivity contribution in [3.63, 3.8) is 0 Å². The molecular weight excluding hydrogens is 246 g/mol. The third kappa shape index (κ3) is 2.47. The normalized spacial score (nSPS) is 42.2. The molecule has 3 atom stereocenters. The Bertz CT molecular complexity index is 304. The van der Waals surface area contributed by atoms with E-state index < -0.39 is 0 Å². The minimum atomic E-state index is 0.137. The molecular formula is C14H23NO2S. The first-order valence-corrected chi connectivity index (χ1v) is 8.41. The molecule has 3 heterocycles. The number of aldehydes is 1. The molecule has 4 heteroatoms. The predicted octanol–water partition coefficient (Wildman–Crippen LogP) is 2.09. The van der Waals surface area contributed by atoms with Gasteiger partial charge in [0.15, 0.2) is 0 Å². The van der Waals surface area contributed by atoms with Gasteiger partial charge >= 0.3 is 0 Å². The number of carbonyl (C=O) groups excluding carboxylic acids is 1. The number of likely N-dealkylation sites (tertiary alicyclic amines) is 1.